The Morgan fingerprint density at radius 1 is 1.15 bits per heavy atom. The quantitative estimate of drug-likeness (QED) is 0.643. The summed E-state index contributed by atoms with van der Waals surface area (Å²) in [5.41, 5.74) is 3.58. The number of nitrogens with zero attached hydrogens (tertiary/aromatic N) is 1. The molecule has 0 atom stereocenters. The van der Waals surface area contributed by atoms with E-state index in [9.17, 15) is 4.79 Å². The van der Waals surface area contributed by atoms with Crippen LogP contribution in [0.1, 0.15) is 11.1 Å². The third kappa shape index (κ3) is 1.44. The lowest BCUT2D eigenvalue weighted by Gasteiger charge is -2.13. The van der Waals surface area contributed by atoms with Gasteiger partial charge in [-0.25, -0.2) is 0 Å². The van der Waals surface area contributed by atoms with Crippen molar-refractivity contribution < 1.29 is 4.79 Å². The van der Waals surface area contributed by atoms with Crippen LogP contribution in [0.4, 0.5) is 5.69 Å². The maximum atomic E-state index is 11.2. The highest BCUT2D eigenvalue weighted by molar-refractivity contribution is 5.88. The molecule has 0 heterocycles. The van der Waals surface area contributed by atoms with E-state index in [-0.39, 0.29) is 0 Å². The highest BCUT2D eigenvalue weighted by Gasteiger charge is 2.18. The topological polar surface area (TPSA) is 20.3 Å². The van der Waals surface area contributed by atoms with Crippen molar-refractivity contribution in [3.8, 4) is 0 Å². The summed E-state index contributed by atoms with van der Waals surface area (Å²) in [5.74, 6) is 0.339. The first-order chi connectivity index (χ1) is 6.16. The van der Waals surface area contributed by atoms with Crippen LogP contribution in [0, 0.1) is 0 Å². The predicted molar refractivity (Wildman–Crippen MR) is 53.2 cm³/mol. The SMILES string of the molecule is CN(C)c1ccc2c(c1)CC(=O)C2. The monoisotopic (exact) mass is 175 g/mol. The van der Waals surface area contributed by atoms with Gasteiger partial charge < -0.3 is 4.90 Å². The van der Waals surface area contributed by atoms with Gasteiger partial charge in [-0.2, -0.15) is 0 Å². The number of ketones is 1. The van der Waals surface area contributed by atoms with Gasteiger partial charge in [0.1, 0.15) is 5.78 Å². The van der Waals surface area contributed by atoms with Gasteiger partial charge >= 0.3 is 0 Å². The van der Waals surface area contributed by atoms with E-state index < -0.39 is 0 Å². The molecule has 1 aromatic carbocycles. The summed E-state index contributed by atoms with van der Waals surface area (Å²) in [6.07, 6.45) is 1.25. The molecular weight excluding hydrogens is 162 g/mol. The zero-order chi connectivity index (χ0) is 9.42. The van der Waals surface area contributed by atoms with Crippen LogP contribution < -0.4 is 4.90 Å². The summed E-state index contributed by atoms with van der Waals surface area (Å²) < 4.78 is 0. The summed E-state index contributed by atoms with van der Waals surface area (Å²) in [5, 5.41) is 0. The zero-order valence-corrected chi connectivity index (χ0v) is 8.00. The summed E-state index contributed by atoms with van der Waals surface area (Å²) >= 11 is 0. The van der Waals surface area contributed by atoms with E-state index in [4.69, 9.17) is 0 Å². The number of hydrogen-bond donors (Lipinski definition) is 0. The Hall–Kier alpha value is -1.31. The fraction of sp³-hybridized carbons (Fsp3) is 0.364. The van der Waals surface area contributed by atoms with E-state index in [2.05, 4.69) is 23.1 Å². The second kappa shape index (κ2) is 2.87. The second-order valence-corrected chi connectivity index (χ2v) is 3.74. The number of hydrogen-bond acceptors (Lipinski definition) is 2. The molecule has 1 aromatic rings. The number of fused-ring (bicyclic) bond motifs is 1. The van der Waals surface area contributed by atoms with E-state index in [0.717, 1.165) is 0 Å². The largest absolute Gasteiger partial charge is 0.378 e. The molecule has 0 spiro atoms. The standard InChI is InChI=1S/C11H13NO/c1-12(2)10-4-3-8-6-11(13)7-9(8)5-10/h3-5H,6-7H2,1-2H3. The molecule has 68 valence electrons. The molecule has 0 aromatic heterocycles. The number of anilines is 1. The molecule has 0 bridgehead atoms. The van der Waals surface area contributed by atoms with Crippen LogP contribution in [0.25, 0.3) is 0 Å². The van der Waals surface area contributed by atoms with Crippen LogP contribution in [0.5, 0.6) is 0 Å². The van der Waals surface area contributed by atoms with E-state index in [1.807, 2.05) is 14.1 Å². The molecule has 0 unspecified atom stereocenters. The highest BCUT2D eigenvalue weighted by atomic mass is 16.1. The minimum Gasteiger partial charge on any atom is -0.378 e. The molecule has 0 aliphatic heterocycles. The molecule has 0 N–H and O–H groups in total. The lowest BCUT2D eigenvalue weighted by Crippen LogP contribution is -2.08. The molecule has 0 fully saturated rings. The second-order valence-electron chi connectivity index (χ2n) is 3.74. The Morgan fingerprint density at radius 2 is 1.85 bits per heavy atom. The number of benzene rings is 1. The summed E-state index contributed by atoms with van der Waals surface area (Å²) in [7, 11) is 4.02. The maximum Gasteiger partial charge on any atom is 0.141 e. The Labute approximate surface area is 78.2 Å². The van der Waals surface area contributed by atoms with Gasteiger partial charge in [-0.3, -0.25) is 4.79 Å². The molecule has 0 radical (unpaired) electrons. The Kier molecular flexibility index (Phi) is 1.83. The van der Waals surface area contributed by atoms with Crippen LogP contribution in [0.2, 0.25) is 0 Å². The van der Waals surface area contributed by atoms with Crippen molar-refractivity contribution >= 4 is 11.5 Å². The van der Waals surface area contributed by atoms with E-state index >= 15 is 0 Å². The third-order valence-electron chi connectivity index (χ3n) is 2.48. The molecule has 2 rings (SSSR count). The van der Waals surface area contributed by atoms with Gasteiger partial charge in [0.15, 0.2) is 0 Å². The van der Waals surface area contributed by atoms with E-state index in [1.54, 1.807) is 0 Å². The number of rotatable bonds is 1. The molecule has 0 saturated heterocycles. The number of carbonyl (C=O) groups is 1. The van der Waals surface area contributed by atoms with Crippen LogP contribution in [-0.2, 0) is 17.6 Å². The number of carbonyl (C=O) groups excluding carboxylic acids is 1. The molecule has 2 heteroatoms. The molecule has 2 nitrogen and oxygen atoms in total. The van der Waals surface area contributed by atoms with Crippen LogP contribution >= 0.6 is 0 Å². The van der Waals surface area contributed by atoms with Crippen molar-refractivity contribution in [2.75, 3.05) is 19.0 Å². The van der Waals surface area contributed by atoms with Crippen molar-refractivity contribution in [3.05, 3.63) is 29.3 Å². The fourth-order valence-corrected chi connectivity index (χ4v) is 1.71. The molecule has 0 amide bonds. The summed E-state index contributed by atoms with van der Waals surface area (Å²) in [6, 6.07) is 6.24. The third-order valence-corrected chi connectivity index (χ3v) is 2.48. The van der Waals surface area contributed by atoms with Gasteiger partial charge in [-0.15, -0.1) is 0 Å². The van der Waals surface area contributed by atoms with Crippen LogP contribution in [0.15, 0.2) is 18.2 Å². The minimum atomic E-state index is 0.339. The maximum absolute atomic E-state index is 11.2. The van der Waals surface area contributed by atoms with Gasteiger partial charge in [-0.1, -0.05) is 6.07 Å². The molecule has 0 saturated carbocycles. The van der Waals surface area contributed by atoms with E-state index in [0.29, 0.717) is 18.6 Å². The lowest BCUT2D eigenvalue weighted by molar-refractivity contribution is -0.117. The zero-order valence-electron chi connectivity index (χ0n) is 8.00. The van der Waals surface area contributed by atoms with Crippen LogP contribution in [-0.4, -0.2) is 19.9 Å². The normalized spacial score (nSPS) is 14.5. The molecule has 1 aliphatic rings. The van der Waals surface area contributed by atoms with Gasteiger partial charge in [0.05, 0.1) is 0 Å². The first-order valence-electron chi connectivity index (χ1n) is 4.47. The average Bonchev–Trinajstić information content (AvgIpc) is 2.42. The predicted octanol–water partition coefficient (Wildman–Crippen LogP) is 1.42. The van der Waals surface area contributed by atoms with Crippen molar-refractivity contribution in [2.24, 2.45) is 0 Å². The average molecular weight is 175 g/mol. The Morgan fingerprint density at radius 3 is 2.54 bits per heavy atom. The summed E-state index contributed by atoms with van der Waals surface area (Å²) in [4.78, 5) is 13.2. The minimum absolute atomic E-state index is 0.339. The molecular formula is C11H13NO. The van der Waals surface area contributed by atoms with Crippen molar-refractivity contribution in [3.63, 3.8) is 0 Å². The van der Waals surface area contributed by atoms with E-state index in [1.165, 1.54) is 16.8 Å². The smallest absolute Gasteiger partial charge is 0.141 e. The first-order valence-corrected chi connectivity index (χ1v) is 4.47. The first kappa shape index (κ1) is 8.30. The van der Waals surface area contributed by atoms with Gasteiger partial charge in [0.25, 0.3) is 0 Å². The fourth-order valence-electron chi connectivity index (χ4n) is 1.71. The molecule has 13 heavy (non-hydrogen) atoms. The lowest BCUT2D eigenvalue weighted by atomic mass is 10.1. The molecule has 1 aliphatic carbocycles. The van der Waals surface area contributed by atoms with Crippen molar-refractivity contribution in [1.82, 2.24) is 0 Å². The van der Waals surface area contributed by atoms with Gasteiger partial charge in [0.2, 0.25) is 0 Å². The van der Waals surface area contributed by atoms with Crippen molar-refractivity contribution in [2.45, 2.75) is 12.8 Å². The van der Waals surface area contributed by atoms with Crippen LogP contribution in [0.3, 0.4) is 0 Å². The van der Waals surface area contributed by atoms with Gasteiger partial charge in [0, 0.05) is 32.6 Å². The Balaban J connectivity index is 2.40. The summed E-state index contributed by atoms with van der Waals surface area (Å²) in [6.45, 7) is 0. The number of Topliss-reactive ketones (excluding diaryl/α,β-unsaturated/α-hetero) is 1. The highest BCUT2D eigenvalue weighted by Crippen LogP contribution is 2.24. The van der Waals surface area contributed by atoms with Gasteiger partial charge in [-0.05, 0) is 23.3 Å². The van der Waals surface area contributed by atoms with Crippen molar-refractivity contribution in [1.29, 1.82) is 0 Å². The Bertz CT molecular complexity index is 355.